The van der Waals surface area contributed by atoms with Crippen LogP contribution in [0.25, 0.3) is 0 Å². The Balaban J connectivity index is 1.72. The van der Waals surface area contributed by atoms with E-state index in [9.17, 15) is 18.0 Å². The van der Waals surface area contributed by atoms with Gasteiger partial charge in [-0.05, 0) is 37.3 Å². The van der Waals surface area contributed by atoms with Crippen LogP contribution >= 0.6 is 0 Å². The van der Waals surface area contributed by atoms with Gasteiger partial charge in [0, 0.05) is 25.3 Å². The summed E-state index contributed by atoms with van der Waals surface area (Å²) in [6, 6.07) is 8.70. The molecule has 1 amide bonds. The van der Waals surface area contributed by atoms with Crippen molar-refractivity contribution < 1.29 is 22.7 Å². The fraction of sp³-hybridized carbons (Fsp3) is 0.400. The van der Waals surface area contributed by atoms with Crippen LogP contribution in [0.3, 0.4) is 0 Å². The Morgan fingerprint density at radius 3 is 2.66 bits per heavy atom. The van der Waals surface area contributed by atoms with E-state index in [0.29, 0.717) is 32.0 Å². The van der Waals surface area contributed by atoms with E-state index in [0.717, 1.165) is 17.8 Å². The first-order chi connectivity index (χ1) is 13.8. The van der Waals surface area contributed by atoms with E-state index >= 15 is 0 Å². The van der Waals surface area contributed by atoms with Crippen LogP contribution < -0.4 is 15.5 Å². The number of morpholine rings is 1. The number of carbonyl (C=O) groups excluding carboxylic acids is 1. The summed E-state index contributed by atoms with van der Waals surface area (Å²) in [6.45, 7) is 3.86. The molecule has 0 saturated carbocycles. The van der Waals surface area contributed by atoms with Crippen LogP contribution in [0.2, 0.25) is 0 Å². The molecule has 1 fully saturated rings. The summed E-state index contributed by atoms with van der Waals surface area (Å²) in [7, 11) is 0. The number of halogens is 3. The van der Waals surface area contributed by atoms with Crippen LogP contribution in [0.15, 0.2) is 42.6 Å². The molecule has 2 aromatic rings. The zero-order chi connectivity index (χ0) is 20.9. The zero-order valence-electron chi connectivity index (χ0n) is 16.0. The Labute approximate surface area is 167 Å². The number of ether oxygens (including phenoxy) is 1. The normalized spacial score (nSPS) is 15.8. The third kappa shape index (κ3) is 5.68. The number of hydrogen-bond acceptors (Lipinski definition) is 5. The minimum Gasteiger partial charge on any atom is -0.378 e. The number of aromatic nitrogens is 1. The predicted octanol–water partition coefficient (Wildman–Crippen LogP) is 3.23. The van der Waals surface area contributed by atoms with E-state index in [1.54, 1.807) is 12.3 Å². The molecule has 3 rings (SSSR count). The average molecular weight is 408 g/mol. The Kier molecular flexibility index (Phi) is 6.71. The Morgan fingerprint density at radius 1 is 1.24 bits per heavy atom. The Bertz CT molecular complexity index is 824. The first kappa shape index (κ1) is 21.1. The summed E-state index contributed by atoms with van der Waals surface area (Å²) in [6.07, 6.45) is -2.83. The molecule has 0 bridgehead atoms. The molecule has 1 aliphatic heterocycles. The average Bonchev–Trinajstić information content (AvgIpc) is 2.72. The number of alkyl halides is 3. The quantitative estimate of drug-likeness (QED) is 0.768. The van der Waals surface area contributed by atoms with Crippen molar-refractivity contribution in [3.63, 3.8) is 0 Å². The van der Waals surface area contributed by atoms with Gasteiger partial charge in [0.05, 0.1) is 42.4 Å². The standard InChI is InChI=1S/C20H23F3N4O2/c1-14(16-4-2-3-7-24-16)25-13-19(28)26-17-12-15(20(21,22)23)5-6-18(17)27-8-10-29-11-9-27/h2-7,12,14,25H,8-11,13H2,1H3,(H,26,28). The first-order valence-corrected chi connectivity index (χ1v) is 9.32. The summed E-state index contributed by atoms with van der Waals surface area (Å²) >= 11 is 0. The van der Waals surface area contributed by atoms with Gasteiger partial charge < -0.3 is 20.3 Å². The van der Waals surface area contributed by atoms with Gasteiger partial charge in [0.1, 0.15) is 0 Å². The highest BCUT2D eigenvalue weighted by atomic mass is 19.4. The number of hydrogen-bond donors (Lipinski definition) is 2. The number of amides is 1. The van der Waals surface area contributed by atoms with Crippen molar-refractivity contribution in [2.75, 3.05) is 43.1 Å². The van der Waals surface area contributed by atoms with Crippen molar-refractivity contribution in [2.45, 2.75) is 19.1 Å². The molecule has 2 heterocycles. The van der Waals surface area contributed by atoms with Gasteiger partial charge in [-0.1, -0.05) is 6.07 Å². The second kappa shape index (κ2) is 9.23. The van der Waals surface area contributed by atoms with Gasteiger partial charge in [0.25, 0.3) is 0 Å². The second-order valence-corrected chi connectivity index (χ2v) is 6.73. The highest BCUT2D eigenvalue weighted by Gasteiger charge is 2.32. The topological polar surface area (TPSA) is 66.5 Å². The lowest BCUT2D eigenvalue weighted by atomic mass is 10.1. The van der Waals surface area contributed by atoms with Crippen molar-refractivity contribution in [1.82, 2.24) is 10.3 Å². The maximum Gasteiger partial charge on any atom is 0.416 e. The third-order valence-corrected chi connectivity index (χ3v) is 4.65. The van der Waals surface area contributed by atoms with E-state index in [2.05, 4.69) is 15.6 Å². The van der Waals surface area contributed by atoms with Crippen molar-refractivity contribution in [2.24, 2.45) is 0 Å². The minimum absolute atomic E-state index is 0.0590. The predicted molar refractivity (Wildman–Crippen MR) is 104 cm³/mol. The molecular weight excluding hydrogens is 385 g/mol. The number of nitrogens with one attached hydrogen (secondary N) is 2. The highest BCUT2D eigenvalue weighted by Crippen LogP contribution is 2.35. The molecular formula is C20H23F3N4O2. The monoisotopic (exact) mass is 408 g/mol. The van der Waals surface area contributed by atoms with Crippen LogP contribution in [0.1, 0.15) is 24.2 Å². The van der Waals surface area contributed by atoms with Crippen molar-refractivity contribution in [3.05, 3.63) is 53.9 Å². The van der Waals surface area contributed by atoms with Crippen LogP contribution in [0.4, 0.5) is 24.5 Å². The number of anilines is 2. The van der Waals surface area contributed by atoms with Gasteiger partial charge in [0.2, 0.25) is 5.91 Å². The van der Waals surface area contributed by atoms with Gasteiger partial charge in [-0.3, -0.25) is 9.78 Å². The van der Waals surface area contributed by atoms with Gasteiger partial charge >= 0.3 is 6.18 Å². The van der Waals surface area contributed by atoms with Gasteiger partial charge in [-0.15, -0.1) is 0 Å². The van der Waals surface area contributed by atoms with Crippen LogP contribution in [0.5, 0.6) is 0 Å². The van der Waals surface area contributed by atoms with Crippen LogP contribution in [-0.2, 0) is 15.7 Å². The van der Waals surface area contributed by atoms with Crippen molar-refractivity contribution in [1.29, 1.82) is 0 Å². The lowest BCUT2D eigenvalue weighted by Crippen LogP contribution is -2.37. The largest absolute Gasteiger partial charge is 0.416 e. The van der Waals surface area contributed by atoms with E-state index in [-0.39, 0.29) is 18.3 Å². The lowest BCUT2D eigenvalue weighted by Gasteiger charge is -2.31. The summed E-state index contributed by atoms with van der Waals surface area (Å²) in [4.78, 5) is 18.5. The van der Waals surface area contributed by atoms with Gasteiger partial charge in [0.15, 0.2) is 0 Å². The maximum atomic E-state index is 13.2. The molecule has 6 nitrogen and oxygen atoms in total. The summed E-state index contributed by atoms with van der Waals surface area (Å²) in [5, 5.41) is 5.66. The number of rotatable bonds is 6. The van der Waals surface area contributed by atoms with Crippen LogP contribution in [0, 0.1) is 0 Å². The number of carbonyl (C=O) groups is 1. The maximum absolute atomic E-state index is 13.2. The Morgan fingerprint density at radius 2 is 2.00 bits per heavy atom. The number of nitrogens with zero attached hydrogens (tertiary/aromatic N) is 2. The van der Waals surface area contributed by atoms with Crippen molar-refractivity contribution in [3.8, 4) is 0 Å². The molecule has 0 spiro atoms. The molecule has 0 aliphatic carbocycles. The molecule has 1 aromatic carbocycles. The first-order valence-electron chi connectivity index (χ1n) is 9.32. The second-order valence-electron chi connectivity index (χ2n) is 6.73. The van der Waals surface area contributed by atoms with E-state index < -0.39 is 17.6 Å². The van der Waals surface area contributed by atoms with Crippen LogP contribution in [-0.4, -0.2) is 43.7 Å². The molecule has 9 heteroatoms. The number of benzene rings is 1. The fourth-order valence-electron chi connectivity index (χ4n) is 3.07. The molecule has 156 valence electrons. The Hall–Kier alpha value is -2.65. The minimum atomic E-state index is -4.49. The summed E-state index contributed by atoms with van der Waals surface area (Å²) in [5.74, 6) is -0.429. The van der Waals surface area contributed by atoms with E-state index in [1.807, 2.05) is 24.0 Å². The molecule has 29 heavy (non-hydrogen) atoms. The third-order valence-electron chi connectivity index (χ3n) is 4.65. The highest BCUT2D eigenvalue weighted by molar-refractivity contribution is 5.95. The number of pyridine rings is 1. The molecule has 1 aliphatic rings. The lowest BCUT2D eigenvalue weighted by molar-refractivity contribution is -0.137. The fourth-order valence-corrected chi connectivity index (χ4v) is 3.07. The molecule has 1 unspecified atom stereocenters. The smallest absolute Gasteiger partial charge is 0.378 e. The molecule has 1 atom stereocenters. The molecule has 2 N–H and O–H groups in total. The van der Waals surface area contributed by atoms with E-state index in [1.165, 1.54) is 6.07 Å². The molecule has 1 aromatic heterocycles. The van der Waals surface area contributed by atoms with E-state index in [4.69, 9.17) is 4.74 Å². The van der Waals surface area contributed by atoms with Crippen molar-refractivity contribution >= 4 is 17.3 Å². The molecule has 1 saturated heterocycles. The SMILES string of the molecule is CC(NCC(=O)Nc1cc(C(F)(F)F)ccc1N1CCOCC1)c1ccccn1. The molecule has 0 radical (unpaired) electrons. The van der Waals surface area contributed by atoms with Gasteiger partial charge in [-0.25, -0.2) is 0 Å². The summed E-state index contributed by atoms with van der Waals surface area (Å²) < 4.78 is 44.8. The summed E-state index contributed by atoms with van der Waals surface area (Å²) in [5.41, 5.74) is 0.652. The van der Waals surface area contributed by atoms with Gasteiger partial charge in [-0.2, -0.15) is 13.2 Å². The zero-order valence-corrected chi connectivity index (χ0v) is 16.0.